The Balaban J connectivity index is 1.34. The zero-order valence-electron chi connectivity index (χ0n) is 16.2. The number of benzene rings is 3. The molecule has 0 saturated carbocycles. The quantitative estimate of drug-likeness (QED) is 0.241. The fourth-order valence-corrected chi connectivity index (χ4v) is 4.80. The van der Waals surface area contributed by atoms with Crippen LogP contribution in [-0.2, 0) is 5.75 Å². The number of nitrogens with zero attached hydrogens (tertiary/aromatic N) is 2. The highest BCUT2D eigenvalue weighted by atomic mass is 32.2. The van der Waals surface area contributed by atoms with Crippen molar-refractivity contribution >= 4 is 44.9 Å². The fourth-order valence-electron chi connectivity index (χ4n) is 2.78. The normalized spacial score (nSPS) is 11.6. The van der Waals surface area contributed by atoms with Crippen molar-refractivity contribution in [2.75, 3.05) is 0 Å². The minimum absolute atomic E-state index is 0.192. The first-order valence-corrected chi connectivity index (χ1v) is 11.1. The Bertz CT molecular complexity index is 1170. The number of aromatic hydroxyl groups is 1. The maximum atomic E-state index is 12.4. The van der Waals surface area contributed by atoms with E-state index in [1.165, 1.54) is 4.70 Å². The van der Waals surface area contributed by atoms with Gasteiger partial charge in [0.25, 0.3) is 5.91 Å². The molecule has 1 aromatic heterocycles. The van der Waals surface area contributed by atoms with E-state index in [9.17, 15) is 9.90 Å². The molecule has 1 amide bonds. The van der Waals surface area contributed by atoms with Gasteiger partial charge in [-0.3, -0.25) is 4.79 Å². The summed E-state index contributed by atoms with van der Waals surface area (Å²) in [5.74, 6) is 0.718. The number of hydrogen-bond donors (Lipinski definition) is 2. The van der Waals surface area contributed by atoms with Crippen LogP contribution in [0.25, 0.3) is 10.2 Å². The van der Waals surface area contributed by atoms with E-state index in [1.54, 1.807) is 66.4 Å². The average Bonchev–Trinajstić information content (AvgIpc) is 3.20. The van der Waals surface area contributed by atoms with Gasteiger partial charge >= 0.3 is 0 Å². The fraction of sp³-hybridized carbons (Fsp3) is 0.0870. The van der Waals surface area contributed by atoms with Gasteiger partial charge < -0.3 is 5.11 Å². The minimum Gasteiger partial charge on any atom is -0.508 e. The number of fused-ring (bicyclic) bond motifs is 1. The van der Waals surface area contributed by atoms with E-state index in [0.29, 0.717) is 11.3 Å². The number of thiazole rings is 1. The Morgan fingerprint density at radius 1 is 1.03 bits per heavy atom. The number of hydrogen-bond acceptors (Lipinski definition) is 6. The van der Waals surface area contributed by atoms with Crippen LogP contribution >= 0.6 is 23.1 Å². The van der Waals surface area contributed by atoms with Crippen LogP contribution in [0.2, 0.25) is 0 Å². The van der Waals surface area contributed by atoms with Gasteiger partial charge in [0, 0.05) is 11.3 Å². The highest BCUT2D eigenvalue weighted by Gasteiger charge is 2.07. The van der Waals surface area contributed by atoms with Crippen LogP contribution in [-0.4, -0.2) is 21.7 Å². The van der Waals surface area contributed by atoms with Crippen molar-refractivity contribution in [1.29, 1.82) is 0 Å². The van der Waals surface area contributed by atoms with Gasteiger partial charge in [-0.05, 0) is 66.6 Å². The average molecular weight is 434 g/mol. The van der Waals surface area contributed by atoms with Crippen LogP contribution in [0.4, 0.5) is 0 Å². The summed E-state index contributed by atoms with van der Waals surface area (Å²) in [5, 5.41) is 13.5. The van der Waals surface area contributed by atoms with Gasteiger partial charge in [0.05, 0.1) is 15.9 Å². The maximum absolute atomic E-state index is 12.4. The van der Waals surface area contributed by atoms with E-state index in [0.717, 1.165) is 26.7 Å². The molecular weight excluding hydrogens is 414 g/mol. The molecule has 0 aliphatic rings. The van der Waals surface area contributed by atoms with Crippen LogP contribution in [0.5, 0.6) is 5.75 Å². The monoisotopic (exact) mass is 433 g/mol. The third-order valence-electron chi connectivity index (χ3n) is 4.46. The first-order valence-electron chi connectivity index (χ1n) is 9.30. The number of amides is 1. The number of thioether (sulfide) groups is 1. The van der Waals surface area contributed by atoms with E-state index >= 15 is 0 Å². The number of phenolic OH excluding ortho intramolecular Hbond substituents is 1. The molecule has 0 saturated heterocycles. The third-order valence-corrected chi connectivity index (χ3v) is 6.71. The van der Waals surface area contributed by atoms with Crippen LogP contribution in [0, 0.1) is 0 Å². The smallest absolute Gasteiger partial charge is 0.271 e. The lowest BCUT2D eigenvalue weighted by atomic mass is 10.1. The second-order valence-corrected chi connectivity index (χ2v) is 8.87. The molecule has 7 heteroatoms. The lowest BCUT2D eigenvalue weighted by molar-refractivity contribution is 0.0955. The summed E-state index contributed by atoms with van der Waals surface area (Å²) in [7, 11) is 0. The van der Waals surface area contributed by atoms with Crippen molar-refractivity contribution in [3.05, 3.63) is 89.5 Å². The Hall–Kier alpha value is -3.16. The molecule has 0 unspecified atom stereocenters. The molecule has 1 heterocycles. The Morgan fingerprint density at radius 2 is 1.73 bits per heavy atom. The number of carbonyl (C=O) groups excluding carboxylic acids is 1. The summed E-state index contributed by atoms with van der Waals surface area (Å²) >= 11 is 3.39. The molecule has 0 atom stereocenters. The Morgan fingerprint density at radius 3 is 2.47 bits per heavy atom. The van der Waals surface area contributed by atoms with Gasteiger partial charge in [0.1, 0.15) is 5.75 Å². The van der Waals surface area contributed by atoms with Crippen molar-refractivity contribution in [2.24, 2.45) is 5.10 Å². The maximum Gasteiger partial charge on any atom is 0.271 e. The largest absolute Gasteiger partial charge is 0.508 e. The second kappa shape index (κ2) is 9.11. The van der Waals surface area contributed by atoms with Crippen molar-refractivity contribution in [1.82, 2.24) is 10.4 Å². The molecule has 0 aliphatic carbocycles. The van der Waals surface area contributed by atoms with E-state index < -0.39 is 0 Å². The number of phenols is 1. The summed E-state index contributed by atoms with van der Waals surface area (Å²) in [4.78, 5) is 17.0. The van der Waals surface area contributed by atoms with E-state index in [1.807, 2.05) is 30.3 Å². The van der Waals surface area contributed by atoms with Gasteiger partial charge in [-0.1, -0.05) is 36.0 Å². The lowest BCUT2D eigenvalue weighted by Crippen LogP contribution is -2.19. The number of para-hydroxylation sites is 1. The SMILES string of the molecule is CC(=NNC(=O)c1ccc(CSc2nc3ccccc3s2)cc1)c1ccc(O)cc1. The number of rotatable bonds is 6. The molecule has 150 valence electrons. The summed E-state index contributed by atoms with van der Waals surface area (Å²) < 4.78 is 2.23. The molecule has 30 heavy (non-hydrogen) atoms. The van der Waals surface area contributed by atoms with E-state index in [4.69, 9.17) is 0 Å². The topological polar surface area (TPSA) is 74.6 Å². The summed E-state index contributed by atoms with van der Waals surface area (Å²) in [5.41, 5.74) is 6.77. The van der Waals surface area contributed by atoms with E-state index in [2.05, 4.69) is 21.6 Å². The van der Waals surface area contributed by atoms with Crippen LogP contribution < -0.4 is 5.43 Å². The molecule has 0 fully saturated rings. The van der Waals surface area contributed by atoms with Crippen molar-refractivity contribution in [2.45, 2.75) is 17.0 Å². The zero-order valence-corrected chi connectivity index (χ0v) is 17.8. The van der Waals surface area contributed by atoms with E-state index in [-0.39, 0.29) is 11.7 Å². The molecule has 0 radical (unpaired) electrons. The number of aromatic nitrogens is 1. The first kappa shape index (κ1) is 20.1. The summed E-state index contributed by atoms with van der Waals surface area (Å²) in [6.07, 6.45) is 0. The predicted molar refractivity (Wildman–Crippen MR) is 123 cm³/mol. The second-order valence-electron chi connectivity index (χ2n) is 6.62. The molecule has 4 aromatic rings. The summed E-state index contributed by atoms with van der Waals surface area (Å²) in [6.45, 7) is 1.80. The Labute approximate surface area is 182 Å². The van der Waals surface area contributed by atoms with Gasteiger partial charge in [-0.2, -0.15) is 5.10 Å². The molecule has 2 N–H and O–H groups in total. The van der Waals surface area contributed by atoms with Crippen LogP contribution in [0.3, 0.4) is 0 Å². The molecule has 5 nitrogen and oxygen atoms in total. The molecule has 4 rings (SSSR count). The van der Waals surface area contributed by atoms with Gasteiger partial charge in [-0.25, -0.2) is 10.4 Å². The zero-order chi connectivity index (χ0) is 20.9. The molecule has 0 bridgehead atoms. The number of carbonyl (C=O) groups is 1. The standard InChI is InChI=1S/C23H19N3O2S2/c1-15(17-10-12-19(27)13-11-17)25-26-22(28)18-8-6-16(7-9-18)14-29-23-24-20-4-2-3-5-21(20)30-23/h2-13,27H,14H2,1H3,(H,26,28). The number of nitrogens with one attached hydrogen (secondary N) is 1. The van der Waals surface area contributed by atoms with Gasteiger partial charge in [0.2, 0.25) is 0 Å². The highest BCUT2D eigenvalue weighted by molar-refractivity contribution is 8.00. The minimum atomic E-state index is -0.265. The van der Waals surface area contributed by atoms with Crippen molar-refractivity contribution < 1.29 is 9.90 Å². The third kappa shape index (κ3) is 4.87. The predicted octanol–water partition coefficient (Wildman–Crippen LogP) is 5.45. The van der Waals surface area contributed by atoms with Gasteiger partial charge in [-0.15, -0.1) is 11.3 Å². The number of hydrazone groups is 1. The molecular formula is C23H19N3O2S2. The van der Waals surface area contributed by atoms with Crippen LogP contribution in [0.1, 0.15) is 28.4 Å². The highest BCUT2D eigenvalue weighted by Crippen LogP contribution is 2.31. The first-order chi connectivity index (χ1) is 14.6. The van der Waals surface area contributed by atoms with Crippen molar-refractivity contribution in [3.8, 4) is 5.75 Å². The Kier molecular flexibility index (Phi) is 6.11. The van der Waals surface area contributed by atoms with Crippen LogP contribution in [0.15, 0.2) is 82.2 Å². The molecule has 0 aliphatic heterocycles. The summed E-state index contributed by atoms with van der Waals surface area (Å²) in [6, 6.07) is 22.3. The molecule has 3 aromatic carbocycles. The molecule has 0 spiro atoms. The van der Waals surface area contributed by atoms with Gasteiger partial charge in [0.15, 0.2) is 4.34 Å². The van der Waals surface area contributed by atoms with Crippen molar-refractivity contribution in [3.63, 3.8) is 0 Å². The lowest BCUT2D eigenvalue weighted by Gasteiger charge is -2.05.